The Morgan fingerprint density at radius 2 is 2.30 bits per heavy atom. The number of carbonyl (C=O) groups is 1. The molecule has 6 heteroatoms. The lowest BCUT2D eigenvalue weighted by atomic mass is 10.1. The number of ketones is 1. The predicted molar refractivity (Wildman–Crippen MR) is 76.0 cm³/mol. The highest BCUT2D eigenvalue weighted by Crippen LogP contribution is 2.32. The number of ether oxygens (including phenoxy) is 1. The molecule has 104 valence electrons. The van der Waals surface area contributed by atoms with Gasteiger partial charge in [0.25, 0.3) is 0 Å². The molecule has 0 radical (unpaired) electrons. The number of Topliss-reactive ketones (excluding diaryl/α,β-unsaturated/α-hetero) is 1. The zero-order chi connectivity index (χ0) is 13.9. The van der Waals surface area contributed by atoms with Crippen LogP contribution in [0.1, 0.15) is 18.7 Å². The van der Waals surface area contributed by atoms with Crippen molar-refractivity contribution in [2.45, 2.75) is 12.8 Å². The van der Waals surface area contributed by atoms with E-state index in [0.29, 0.717) is 29.8 Å². The fraction of sp³-hybridized carbons (Fsp3) is 0.357. The molecule has 0 saturated carbocycles. The molecule has 2 heterocycles. The molecule has 5 nitrogen and oxygen atoms in total. The minimum absolute atomic E-state index is 0.156. The van der Waals surface area contributed by atoms with Crippen molar-refractivity contribution in [2.75, 3.05) is 18.1 Å². The first kappa shape index (κ1) is 13.2. The van der Waals surface area contributed by atoms with Crippen LogP contribution in [-0.4, -0.2) is 34.0 Å². The van der Waals surface area contributed by atoms with Gasteiger partial charge < -0.3 is 9.26 Å². The Hall–Kier alpha value is -1.82. The summed E-state index contributed by atoms with van der Waals surface area (Å²) in [6, 6.07) is 7.54. The van der Waals surface area contributed by atoms with Gasteiger partial charge in [-0.15, -0.1) is 0 Å². The summed E-state index contributed by atoms with van der Waals surface area (Å²) in [6.07, 6.45) is 0. The Balaban J connectivity index is 1.92. The number of hydrogen-bond acceptors (Lipinski definition) is 6. The lowest BCUT2D eigenvalue weighted by Crippen LogP contribution is -2.09. The van der Waals surface area contributed by atoms with Crippen LogP contribution >= 0.6 is 11.8 Å². The number of thioether (sulfide) groups is 1. The van der Waals surface area contributed by atoms with Crippen LogP contribution < -0.4 is 4.74 Å². The van der Waals surface area contributed by atoms with Crippen molar-refractivity contribution < 1.29 is 14.1 Å². The van der Waals surface area contributed by atoms with Gasteiger partial charge in [0.05, 0.1) is 17.9 Å². The van der Waals surface area contributed by atoms with E-state index < -0.39 is 0 Å². The molecule has 0 N–H and O–H groups in total. The van der Waals surface area contributed by atoms with E-state index in [2.05, 4.69) is 10.1 Å². The van der Waals surface area contributed by atoms with Gasteiger partial charge >= 0.3 is 0 Å². The van der Waals surface area contributed by atoms with Gasteiger partial charge in [-0.05, 0) is 19.1 Å². The zero-order valence-corrected chi connectivity index (χ0v) is 11.9. The second kappa shape index (κ2) is 5.66. The first-order chi connectivity index (χ1) is 9.79. The molecule has 0 spiro atoms. The van der Waals surface area contributed by atoms with E-state index in [0.717, 1.165) is 11.3 Å². The summed E-state index contributed by atoms with van der Waals surface area (Å²) >= 11 is 1.60. The molecule has 1 saturated heterocycles. The van der Waals surface area contributed by atoms with Gasteiger partial charge in [0.2, 0.25) is 11.7 Å². The quantitative estimate of drug-likeness (QED) is 0.862. The number of carbonyl (C=O) groups excluding carboxylic acids is 1. The van der Waals surface area contributed by atoms with E-state index in [1.54, 1.807) is 11.8 Å². The van der Waals surface area contributed by atoms with Gasteiger partial charge in [0.15, 0.2) is 5.78 Å². The van der Waals surface area contributed by atoms with E-state index in [-0.39, 0.29) is 11.7 Å². The molecule has 20 heavy (non-hydrogen) atoms. The molecule has 0 bridgehead atoms. The van der Waals surface area contributed by atoms with Crippen molar-refractivity contribution in [3.05, 3.63) is 30.2 Å². The van der Waals surface area contributed by atoms with E-state index >= 15 is 0 Å². The van der Waals surface area contributed by atoms with E-state index in [1.807, 2.05) is 31.2 Å². The van der Waals surface area contributed by atoms with Gasteiger partial charge in [-0.25, -0.2) is 0 Å². The lowest BCUT2D eigenvalue weighted by Gasteiger charge is -2.06. The highest BCUT2D eigenvalue weighted by atomic mass is 32.2. The van der Waals surface area contributed by atoms with Crippen LogP contribution in [0.4, 0.5) is 0 Å². The van der Waals surface area contributed by atoms with Crippen LogP contribution in [0.3, 0.4) is 0 Å². The number of hydrogen-bond donors (Lipinski definition) is 0. The lowest BCUT2D eigenvalue weighted by molar-refractivity contribution is -0.117. The third kappa shape index (κ3) is 2.43. The van der Waals surface area contributed by atoms with Crippen LogP contribution in [0.2, 0.25) is 0 Å². The summed E-state index contributed by atoms with van der Waals surface area (Å²) in [6.45, 7) is 2.49. The average molecular weight is 290 g/mol. The van der Waals surface area contributed by atoms with Crippen molar-refractivity contribution in [1.82, 2.24) is 10.1 Å². The number of nitrogens with zero attached hydrogens (tertiary/aromatic N) is 2. The second-order valence-corrected chi connectivity index (χ2v) is 5.45. The highest BCUT2D eigenvalue weighted by molar-refractivity contribution is 8.00. The maximum Gasteiger partial charge on any atom is 0.238 e. The Bertz CT molecular complexity index is 626. The van der Waals surface area contributed by atoms with Gasteiger partial charge in [0, 0.05) is 5.75 Å². The molecule has 1 aliphatic heterocycles. The number of aromatic nitrogens is 2. The molecule has 2 aromatic rings. The summed E-state index contributed by atoms with van der Waals surface area (Å²) in [5.74, 6) is 2.72. The SMILES string of the molecule is CCOc1ccccc1-c1noc(C2CSCC2=O)n1. The molecule has 3 rings (SSSR count). The summed E-state index contributed by atoms with van der Waals surface area (Å²) in [5.41, 5.74) is 0.780. The molecule has 1 unspecified atom stereocenters. The number of benzene rings is 1. The Labute approximate surface area is 120 Å². The van der Waals surface area contributed by atoms with Crippen molar-refractivity contribution >= 4 is 17.5 Å². The van der Waals surface area contributed by atoms with Gasteiger partial charge in [-0.3, -0.25) is 4.79 Å². The van der Waals surface area contributed by atoms with Crippen LogP contribution in [0.5, 0.6) is 5.75 Å². The van der Waals surface area contributed by atoms with Crippen LogP contribution in [0, 0.1) is 0 Å². The fourth-order valence-corrected chi connectivity index (χ4v) is 3.18. The van der Waals surface area contributed by atoms with Crippen molar-refractivity contribution in [3.8, 4) is 17.1 Å². The third-order valence-corrected chi connectivity index (χ3v) is 4.14. The van der Waals surface area contributed by atoms with Crippen molar-refractivity contribution in [2.24, 2.45) is 0 Å². The van der Waals surface area contributed by atoms with Crippen molar-refractivity contribution in [1.29, 1.82) is 0 Å². The molecular weight excluding hydrogens is 276 g/mol. The van der Waals surface area contributed by atoms with Gasteiger partial charge in [0.1, 0.15) is 11.7 Å². The first-order valence-corrected chi connectivity index (χ1v) is 7.61. The Kier molecular flexibility index (Phi) is 3.73. The summed E-state index contributed by atoms with van der Waals surface area (Å²) in [5, 5.41) is 3.98. The summed E-state index contributed by atoms with van der Waals surface area (Å²) in [7, 11) is 0. The Morgan fingerprint density at radius 3 is 3.05 bits per heavy atom. The standard InChI is InChI=1S/C14H14N2O3S/c1-2-18-12-6-4-3-5-9(12)13-15-14(19-16-13)10-7-20-8-11(10)17/h3-6,10H,2,7-8H2,1H3. The molecule has 0 aliphatic carbocycles. The van der Waals surface area contributed by atoms with E-state index in [4.69, 9.17) is 9.26 Å². The first-order valence-electron chi connectivity index (χ1n) is 6.46. The second-order valence-electron chi connectivity index (χ2n) is 4.42. The molecule has 1 aromatic heterocycles. The minimum Gasteiger partial charge on any atom is -0.493 e. The van der Waals surface area contributed by atoms with Crippen LogP contribution in [0.25, 0.3) is 11.4 Å². The molecule has 0 amide bonds. The zero-order valence-electron chi connectivity index (χ0n) is 11.0. The fourth-order valence-electron chi connectivity index (χ4n) is 2.10. The van der Waals surface area contributed by atoms with E-state index in [9.17, 15) is 4.79 Å². The molecular formula is C14H14N2O3S. The largest absolute Gasteiger partial charge is 0.493 e. The molecule has 1 aliphatic rings. The monoisotopic (exact) mass is 290 g/mol. The number of para-hydroxylation sites is 1. The maximum atomic E-state index is 11.7. The smallest absolute Gasteiger partial charge is 0.238 e. The van der Waals surface area contributed by atoms with Crippen molar-refractivity contribution in [3.63, 3.8) is 0 Å². The van der Waals surface area contributed by atoms with Gasteiger partial charge in [-0.2, -0.15) is 16.7 Å². The summed E-state index contributed by atoms with van der Waals surface area (Å²) < 4.78 is 10.8. The third-order valence-electron chi connectivity index (χ3n) is 3.09. The molecule has 1 aromatic carbocycles. The van der Waals surface area contributed by atoms with Gasteiger partial charge in [-0.1, -0.05) is 17.3 Å². The number of rotatable bonds is 4. The molecule has 1 fully saturated rings. The van der Waals surface area contributed by atoms with E-state index in [1.165, 1.54) is 0 Å². The average Bonchev–Trinajstić information content (AvgIpc) is 3.08. The van der Waals surface area contributed by atoms with Crippen LogP contribution in [0.15, 0.2) is 28.8 Å². The highest BCUT2D eigenvalue weighted by Gasteiger charge is 2.31. The molecule has 1 atom stereocenters. The van der Waals surface area contributed by atoms with Crippen LogP contribution in [-0.2, 0) is 4.79 Å². The maximum absolute atomic E-state index is 11.7. The predicted octanol–water partition coefficient (Wildman–Crippen LogP) is 2.53. The summed E-state index contributed by atoms with van der Waals surface area (Å²) in [4.78, 5) is 16.1. The normalized spacial score (nSPS) is 18.4. The minimum atomic E-state index is -0.263. The topological polar surface area (TPSA) is 65.2 Å². The Morgan fingerprint density at radius 1 is 1.45 bits per heavy atom.